The van der Waals surface area contributed by atoms with Gasteiger partial charge in [0.05, 0.1) is 0 Å². The molecule has 116 valence electrons. The van der Waals surface area contributed by atoms with Crippen molar-refractivity contribution >= 4 is 11.5 Å². The Morgan fingerprint density at radius 2 is 1.32 bits per heavy atom. The van der Waals surface area contributed by atoms with Crippen LogP contribution in [0.3, 0.4) is 0 Å². The zero-order valence-corrected chi connectivity index (χ0v) is 14.2. The van der Waals surface area contributed by atoms with Crippen LogP contribution in [0.2, 0.25) is 0 Å². The van der Waals surface area contributed by atoms with Crippen molar-refractivity contribution < 1.29 is 0 Å². The average molecular weight is 294 g/mol. The molecular formula is C20H26N2. The van der Waals surface area contributed by atoms with Gasteiger partial charge in [0.2, 0.25) is 0 Å². The van der Waals surface area contributed by atoms with Crippen molar-refractivity contribution in [3.8, 4) is 0 Å². The van der Waals surface area contributed by atoms with Crippen LogP contribution in [0.25, 0.3) is 0 Å². The summed E-state index contributed by atoms with van der Waals surface area (Å²) in [6.45, 7) is 8.84. The Hall–Kier alpha value is -2.09. The minimum atomic E-state index is 0.430. The number of amidine groups is 1. The molecule has 0 radical (unpaired) electrons. The summed E-state index contributed by atoms with van der Waals surface area (Å²) in [6, 6.07) is 16.4. The molecule has 22 heavy (non-hydrogen) atoms. The van der Waals surface area contributed by atoms with Gasteiger partial charge in [0.25, 0.3) is 0 Å². The van der Waals surface area contributed by atoms with Crippen molar-refractivity contribution in [2.75, 3.05) is 11.9 Å². The molecule has 0 amide bonds. The molecule has 0 aliphatic rings. The maximum absolute atomic E-state index is 8.57. The molecule has 2 nitrogen and oxygen atoms in total. The van der Waals surface area contributed by atoms with Gasteiger partial charge in [-0.05, 0) is 23.0 Å². The maximum atomic E-state index is 8.57. The first kappa shape index (κ1) is 16.3. The molecule has 1 N–H and O–H groups in total. The van der Waals surface area contributed by atoms with Crippen LogP contribution in [-0.4, -0.2) is 12.9 Å². The smallest absolute Gasteiger partial charge is 0.132 e. The van der Waals surface area contributed by atoms with Gasteiger partial charge in [-0.2, -0.15) is 0 Å². The van der Waals surface area contributed by atoms with Crippen LogP contribution in [0, 0.1) is 5.41 Å². The number of nitrogens with zero attached hydrogens (tertiary/aromatic N) is 1. The van der Waals surface area contributed by atoms with Gasteiger partial charge in [-0.3, -0.25) is 5.41 Å². The van der Waals surface area contributed by atoms with Crippen LogP contribution in [0.5, 0.6) is 0 Å². The standard InChI is InChI=1S/C20H26N2/c1-14(2)17-12-9-13-18(15(3)4)19(17)22(5)20(21)16-10-7-6-8-11-16/h6-15,21H,1-5H3. The van der Waals surface area contributed by atoms with E-state index in [1.807, 2.05) is 42.3 Å². The van der Waals surface area contributed by atoms with Gasteiger partial charge in [0.15, 0.2) is 0 Å². The molecule has 0 fully saturated rings. The molecule has 0 atom stereocenters. The van der Waals surface area contributed by atoms with E-state index >= 15 is 0 Å². The van der Waals surface area contributed by atoms with Gasteiger partial charge >= 0.3 is 0 Å². The number of benzene rings is 2. The quantitative estimate of drug-likeness (QED) is 0.593. The summed E-state index contributed by atoms with van der Waals surface area (Å²) in [5, 5.41) is 8.57. The van der Waals surface area contributed by atoms with E-state index in [-0.39, 0.29) is 0 Å². The third-order valence-electron chi connectivity index (χ3n) is 4.06. The highest BCUT2D eigenvalue weighted by molar-refractivity contribution is 6.08. The van der Waals surface area contributed by atoms with Crippen LogP contribution in [0.15, 0.2) is 48.5 Å². The van der Waals surface area contributed by atoms with Crippen molar-refractivity contribution in [2.45, 2.75) is 39.5 Å². The van der Waals surface area contributed by atoms with E-state index in [9.17, 15) is 0 Å². The lowest BCUT2D eigenvalue weighted by atomic mass is 9.91. The fourth-order valence-corrected chi connectivity index (χ4v) is 2.80. The second kappa shape index (κ2) is 6.78. The molecule has 2 heteroatoms. The molecule has 0 aliphatic heterocycles. The van der Waals surface area contributed by atoms with Gasteiger partial charge in [-0.1, -0.05) is 76.2 Å². The van der Waals surface area contributed by atoms with Crippen LogP contribution in [0.1, 0.15) is 56.2 Å². The zero-order valence-electron chi connectivity index (χ0n) is 14.2. The number of hydrogen-bond acceptors (Lipinski definition) is 1. The normalized spacial score (nSPS) is 11.0. The van der Waals surface area contributed by atoms with E-state index in [0.29, 0.717) is 17.7 Å². The summed E-state index contributed by atoms with van der Waals surface area (Å²) >= 11 is 0. The molecule has 2 aromatic rings. The Morgan fingerprint density at radius 3 is 1.77 bits per heavy atom. The Labute approximate surface area is 134 Å². The van der Waals surface area contributed by atoms with Gasteiger partial charge in [-0.15, -0.1) is 0 Å². The van der Waals surface area contributed by atoms with E-state index < -0.39 is 0 Å². The number of para-hydroxylation sites is 1. The molecule has 2 rings (SSSR count). The highest BCUT2D eigenvalue weighted by atomic mass is 15.1. The zero-order chi connectivity index (χ0) is 16.3. The Morgan fingerprint density at radius 1 is 0.818 bits per heavy atom. The van der Waals surface area contributed by atoms with Crippen LogP contribution in [-0.2, 0) is 0 Å². The van der Waals surface area contributed by atoms with E-state index in [1.165, 1.54) is 16.8 Å². The number of hydrogen-bond donors (Lipinski definition) is 1. The fourth-order valence-electron chi connectivity index (χ4n) is 2.80. The summed E-state index contributed by atoms with van der Waals surface area (Å²) < 4.78 is 0. The second-order valence-electron chi connectivity index (χ2n) is 6.37. The van der Waals surface area contributed by atoms with Crippen molar-refractivity contribution in [3.05, 3.63) is 65.2 Å². The van der Waals surface area contributed by atoms with Gasteiger partial charge in [-0.25, -0.2) is 0 Å². The maximum Gasteiger partial charge on any atom is 0.132 e. The SMILES string of the molecule is CC(C)c1cccc(C(C)C)c1N(C)C(=N)c1ccccc1. The Bertz CT molecular complexity index is 616. The summed E-state index contributed by atoms with van der Waals surface area (Å²) in [7, 11) is 2.00. The number of rotatable bonds is 4. The minimum absolute atomic E-state index is 0.430. The first-order chi connectivity index (χ1) is 10.4. The molecule has 0 aromatic heterocycles. The highest BCUT2D eigenvalue weighted by Crippen LogP contribution is 2.35. The molecule has 0 heterocycles. The van der Waals surface area contributed by atoms with Gasteiger partial charge in [0.1, 0.15) is 5.84 Å². The number of anilines is 1. The van der Waals surface area contributed by atoms with Crippen LogP contribution >= 0.6 is 0 Å². The third-order valence-corrected chi connectivity index (χ3v) is 4.06. The molecule has 0 saturated heterocycles. The minimum Gasteiger partial charge on any atom is -0.329 e. The third kappa shape index (κ3) is 3.22. The molecule has 0 aliphatic carbocycles. The van der Waals surface area contributed by atoms with Crippen molar-refractivity contribution in [2.24, 2.45) is 0 Å². The second-order valence-corrected chi connectivity index (χ2v) is 6.37. The van der Waals surface area contributed by atoms with Crippen LogP contribution in [0.4, 0.5) is 5.69 Å². The molecule has 0 saturated carbocycles. The summed E-state index contributed by atoms with van der Waals surface area (Å²) in [5.41, 5.74) is 4.73. The Balaban J connectivity index is 2.52. The topological polar surface area (TPSA) is 27.1 Å². The van der Waals surface area contributed by atoms with E-state index in [1.54, 1.807) is 0 Å². The van der Waals surface area contributed by atoms with Gasteiger partial charge < -0.3 is 4.90 Å². The molecule has 0 bridgehead atoms. The first-order valence-electron chi connectivity index (χ1n) is 7.94. The highest BCUT2D eigenvalue weighted by Gasteiger charge is 2.20. The molecular weight excluding hydrogens is 268 g/mol. The van der Waals surface area contributed by atoms with Crippen molar-refractivity contribution in [1.29, 1.82) is 5.41 Å². The predicted molar refractivity (Wildman–Crippen MR) is 96.3 cm³/mol. The lowest BCUT2D eigenvalue weighted by Gasteiger charge is -2.28. The number of nitrogens with one attached hydrogen (secondary N) is 1. The summed E-state index contributed by atoms with van der Waals surface area (Å²) in [4.78, 5) is 2.03. The lowest BCUT2D eigenvalue weighted by Crippen LogP contribution is -2.28. The largest absolute Gasteiger partial charge is 0.329 e. The van der Waals surface area contributed by atoms with Gasteiger partial charge in [0, 0.05) is 18.3 Å². The molecule has 0 unspecified atom stereocenters. The Kier molecular flexibility index (Phi) is 5.02. The summed E-state index contributed by atoms with van der Waals surface area (Å²) in [6.07, 6.45) is 0. The lowest BCUT2D eigenvalue weighted by molar-refractivity contribution is 0.829. The fraction of sp³-hybridized carbons (Fsp3) is 0.350. The van der Waals surface area contributed by atoms with E-state index in [0.717, 1.165) is 5.56 Å². The predicted octanol–water partition coefficient (Wildman–Crippen LogP) is 5.40. The summed E-state index contributed by atoms with van der Waals surface area (Å²) in [5.74, 6) is 1.40. The molecule has 0 spiro atoms. The van der Waals surface area contributed by atoms with E-state index in [2.05, 4.69) is 45.9 Å². The van der Waals surface area contributed by atoms with Crippen LogP contribution < -0.4 is 4.90 Å². The van der Waals surface area contributed by atoms with Crippen molar-refractivity contribution in [1.82, 2.24) is 0 Å². The molecule has 2 aromatic carbocycles. The van der Waals surface area contributed by atoms with E-state index in [4.69, 9.17) is 5.41 Å². The average Bonchev–Trinajstić information content (AvgIpc) is 2.53. The first-order valence-corrected chi connectivity index (χ1v) is 7.94. The monoisotopic (exact) mass is 294 g/mol. The van der Waals surface area contributed by atoms with Crippen molar-refractivity contribution in [3.63, 3.8) is 0 Å².